The SMILES string of the molecule is NNC(c1ccc(F)cn1)C1CCOC2(CCOCC2)C1. The maximum atomic E-state index is 13.0. The lowest BCUT2D eigenvalue weighted by atomic mass is 9.77. The molecule has 3 heterocycles. The van der Waals surface area contributed by atoms with Crippen molar-refractivity contribution in [3.8, 4) is 0 Å². The third kappa shape index (κ3) is 3.23. The summed E-state index contributed by atoms with van der Waals surface area (Å²) in [5, 5.41) is 0. The second kappa shape index (κ2) is 6.36. The van der Waals surface area contributed by atoms with Crippen LogP contribution in [0.5, 0.6) is 0 Å². The van der Waals surface area contributed by atoms with Gasteiger partial charge in [-0.2, -0.15) is 0 Å². The Balaban J connectivity index is 1.75. The molecule has 0 aliphatic carbocycles. The lowest BCUT2D eigenvalue weighted by molar-refractivity contribution is -0.150. The van der Waals surface area contributed by atoms with Gasteiger partial charge >= 0.3 is 0 Å². The van der Waals surface area contributed by atoms with Crippen molar-refractivity contribution in [1.82, 2.24) is 10.4 Å². The number of rotatable bonds is 3. The maximum Gasteiger partial charge on any atom is 0.141 e. The van der Waals surface area contributed by atoms with Crippen molar-refractivity contribution in [3.63, 3.8) is 0 Å². The van der Waals surface area contributed by atoms with Crippen molar-refractivity contribution >= 4 is 0 Å². The Morgan fingerprint density at radius 2 is 2.14 bits per heavy atom. The second-order valence-corrected chi connectivity index (χ2v) is 5.94. The molecule has 1 aromatic heterocycles. The fourth-order valence-electron chi connectivity index (χ4n) is 3.48. The van der Waals surface area contributed by atoms with Gasteiger partial charge in [0.1, 0.15) is 5.82 Å². The summed E-state index contributed by atoms with van der Waals surface area (Å²) >= 11 is 0. The number of hydrazine groups is 1. The molecule has 2 aliphatic heterocycles. The first-order valence-electron chi connectivity index (χ1n) is 7.52. The first-order valence-corrected chi connectivity index (χ1v) is 7.52. The van der Waals surface area contributed by atoms with E-state index < -0.39 is 0 Å². The number of ether oxygens (including phenoxy) is 2. The summed E-state index contributed by atoms with van der Waals surface area (Å²) in [5.74, 6) is 5.74. The molecule has 0 amide bonds. The van der Waals surface area contributed by atoms with Crippen LogP contribution in [-0.2, 0) is 9.47 Å². The predicted octanol–water partition coefficient (Wildman–Crippen LogP) is 1.70. The summed E-state index contributed by atoms with van der Waals surface area (Å²) in [6.45, 7) is 2.23. The molecular weight excluding hydrogens is 273 g/mol. The minimum absolute atomic E-state index is 0.0748. The van der Waals surface area contributed by atoms with Crippen LogP contribution < -0.4 is 11.3 Å². The summed E-state index contributed by atoms with van der Waals surface area (Å²) in [6, 6.07) is 3.05. The van der Waals surface area contributed by atoms with Crippen LogP contribution in [0.2, 0.25) is 0 Å². The monoisotopic (exact) mass is 295 g/mol. The topological polar surface area (TPSA) is 69.4 Å². The van der Waals surface area contributed by atoms with Gasteiger partial charge in [-0.15, -0.1) is 0 Å². The quantitative estimate of drug-likeness (QED) is 0.656. The largest absolute Gasteiger partial charge is 0.381 e. The van der Waals surface area contributed by atoms with Crippen molar-refractivity contribution in [2.45, 2.75) is 37.3 Å². The Morgan fingerprint density at radius 1 is 1.33 bits per heavy atom. The standard InChI is InChI=1S/C15H22FN3O2/c16-12-1-2-13(18-10-12)14(19-17)11-3-6-21-15(9-11)4-7-20-8-5-15/h1-2,10-11,14,19H,3-9,17H2. The van der Waals surface area contributed by atoms with Crippen molar-refractivity contribution < 1.29 is 13.9 Å². The third-order valence-electron chi connectivity index (χ3n) is 4.65. The molecule has 1 aromatic rings. The highest BCUT2D eigenvalue weighted by molar-refractivity contribution is 5.12. The van der Waals surface area contributed by atoms with Crippen molar-refractivity contribution in [1.29, 1.82) is 0 Å². The number of pyridine rings is 1. The van der Waals surface area contributed by atoms with Gasteiger partial charge in [0.15, 0.2) is 0 Å². The number of hydrogen-bond donors (Lipinski definition) is 2. The van der Waals surface area contributed by atoms with E-state index in [1.807, 2.05) is 0 Å². The van der Waals surface area contributed by atoms with Gasteiger partial charge in [-0.1, -0.05) is 0 Å². The maximum absolute atomic E-state index is 13.0. The number of hydrogen-bond acceptors (Lipinski definition) is 5. The van der Waals surface area contributed by atoms with Crippen LogP contribution in [0, 0.1) is 11.7 Å². The van der Waals surface area contributed by atoms with Gasteiger partial charge in [-0.25, -0.2) is 4.39 Å². The molecule has 21 heavy (non-hydrogen) atoms. The molecule has 2 fully saturated rings. The van der Waals surface area contributed by atoms with Crippen LogP contribution in [-0.4, -0.2) is 30.4 Å². The fraction of sp³-hybridized carbons (Fsp3) is 0.667. The van der Waals surface area contributed by atoms with Crippen LogP contribution in [0.25, 0.3) is 0 Å². The van der Waals surface area contributed by atoms with Gasteiger partial charge in [0.05, 0.1) is 23.5 Å². The highest BCUT2D eigenvalue weighted by atomic mass is 19.1. The van der Waals surface area contributed by atoms with E-state index in [0.29, 0.717) is 5.92 Å². The molecule has 1 spiro atoms. The smallest absolute Gasteiger partial charge is 0.141 e. The Labute approximate surface area is 124 Å². The minimum Gasteiger partial charge on any atom is -0.381 e. The van der Waals surface area contributed by atoms with Gasteiger partial charge in [-0.3, -0.25) is 16.3 Å². The molecule has 2 atom stereocenters. The summed E-state index contributed by atoms with van der Waals surface area (Å²) in [7, 11) is 0. The van der Waals surface area contributed by atoms with Gasteiger partial charge in [0.2, 0.25) is 0 Å². The van der Waals surface area contributed by atoms with E-state index in [4.69, 9.17) is 15.3 Å². The lowest BCUT2D eigenvalue weighted by Crippen LogP contribution is -2.47. The summed E-state index contributed by atoms with van der Waals surface area (Å²) in [5.41, 5.74) is 3.56. The lowest BCUT2D eigenvalue weighted by Gasteiger charge is -2.45. The average molecular weight is 295 g/mol. The number of nitrogens with one attached hydrogen (secondary N) is 1. The third-order valence-corrected chi connectivity index (χ3v) is 4.65. The molecule has 3 N–H and O–H groups in total. The van der Waals surface area contributed by atoms with Crippen LogP contribution in [0.15, 0.2) is 18.3 Å². The minimum atomic E-state index is -0.331. The number of aromatic nitrogens is 1. The van der Waals surface area contributed by atoms with Gasteiger partial charge in [-0.05, 0) is 43.7 Å². The highest BCUT2D eigenvalue weighted by Crippen LogP contribution is 2.41. The Hall–Kier alpha value is -1.08. The van der Waals surface area contributed by atoms with Crippen molar-refractivity contribution in [2.75, 3.05) is 19.8 Å². The molecule has 3 rings (SSSR count). The molecular formula is C15H22FN3O2. The molecule has 2 unspecified atom stereocenters. The molecule has 116 valence electrons. The first-order chi connectivity index (χ1) is 10.2. The van der Waals surface area contributed by atoms with Gasteiger partial charge in [0, 0.05) is 19.8 Å². The van der Waals surface area contributed by atoms with E-state index >= 15 is 0 Å². The molecule has 0 aromatic carbocycles. The Bertz CT molecular complexity index is 457. The Kier molecular flexibility index (Phi) is 4.49. The van der Waals surface area contributed by atoms with Gasteiger partial charge < -0.3 is 9.47 Å². The average Bonchev–Trinajstić information content (AvgIpc) is 2.51. The Morgan fingerprint density at radius 3 is 2.81 bits per heavy atom. The molecule has 2 aliphatic rings. The van der Waals surface area contributed by atoms with Crippen LogP contribution in [0.3, 0.4) is 0 Å². The van der Waals surface area contributed by atoms with Crippen molar-refractivity contribution in [3.05, 3.63) is 29.8 Å². The zero-order valence-corrected chi connectivity index (χ0v) is 12.1. The van der Waals surface area contributed by atoms with E-state index in [2.05, 4.69) is 10.4 Å². The normalized spacial score (nSPS) is 26.7. The van der Waals surface area contributed by atoms with E-state index in [0.717, 1.165) is 51.2 Å². The van der Waals surface area contributed by atoms with E-state index in [9.17, 15) is 4.39 Å². The van der Waals surface area contributed by atoms with Crippen LogP contribution in [0.1, 0.15) is 37.4 Å². The molecule has 0 bridgehead atoms. The predicted molar refractivity (Wildman–Crippen MR) is 75.7 cm³/mol. The van der Waals surface area contributed by atoms with Crippen LogP contribution >= 0.6 is 0 Å². The van der Waals surface area contributed by atoms with Crippen molar-refractivity contribution in [2.24, 2.45) is 11.8 Å². The number of halogens is 1. The van der Waals surface area contributed by atoms with E-state index in [1.54, 1.807) is 6.07 Å². The zero-order valence-electron chi connectivity index (χ0n) is 12.1. The summed E-state index contributed by atoms with van der Waals surface area (Å²) in [6.07, 6.45) is 4.96. The fourth-order valence-corrected chi connectivity index (χ4v) is 3.48. The molecule has 5 nitrogen and oxygen atoms in total. The van der Waals surface area contributed by atoms with Crippen LogP contribution in [0.4, 0.5) is 4.39 Å². The molecule has 0 radical (unpaired) electrons. The summed E-state index contributed by atoms with van der Waals surface area (Å²) in [4.78, 5) is 4.18. The molecule has 6 heteroatoms. The highest BCUT2D eigenvalue weighted by Gasteiger charge is 2.41. The number of nitrogens with zero attached hydrogens (tertiary/aromatic N) is 1. The second-order valence-electron chi connectivity index (χ2n) is 5.94. The summed E-state index contributed by atoms with van der Waals surface area (Å²) < 4.78 is 24.5. The number of nitrogens with two attached hydrogens (primary N) is 1. The van der Waals surface area contributed by atoms with Gasteiger partial charge in [0.25, 0.3) is 0 Å². The first kappa shape index (κ1) is 14.8. The zero-order chi connectivity index (χ0) is 14.7. The van der Waals surface area contributed by atoms with E-state index in [1.165, 1.54) is 12.3 Å². The molecule has 2 saturated heterocycles. The van der Waals surface area contributed by atoms with E-state index in [-0.39, 0.29) is 17.5 Å². The molecule has 0 saturated carbocycles.